The molecule has 110 valence electrons. The number of carbonyl (C=O) groups excluding carboxylic acids is 1. The number of methoxy groups -OCH3 is 1. The van der Waals surface area contributed by atoms with Crippen LogP contribution in [0.25, 0.3) is 0 Å². The first kappa shape index (κ1) is 16.5. The lowest BCUT2D eigenvalue weighted by atomic mass is 9.86. The lowest BCUT2D eigenvalue weighted by molar-refractivity contribution is -0.142. The van der Waals surface area contributed by atoms with Gasteiger partial charge in [-0.1, -0.05) is 36.7 Å². The van der Waals surface area contributed by atoms with E-state index in [1.807, 2.05) is 0 Å². The summed E-state index contributed by atoms with van der Waals surface area (Å²) in [5.74, 6) is -1.16. The van der Waals surface area contributed by atoms with Crippen LogP contribution in [0.3, 0.4) is 0 Å². The molecule has 1 atom stereocenters. The summed E-state index contributed by atoms with van der Waals surface area (Å²) in [6, 6.07) is 3.95. The SMILES string of the molecule is COc1cc(Br)ccc1C(=O)N[C@@H](C(=O)O)C(C)(C)C. The average Bonchev–Trinajstić information content (AvgIpc) is 2.33. The lowest BCUT2D eigenvalue weighted by Gasteiger charge is -2.28. The Balaban J connectivity index is 3.04. The molecule has 0 aliphatic carbocycles. The predicted molar refractivity (Wildman–Crippen MR) is 79.0 cm³/mol. The van der Waals surface area contributed by atoms with Gasteiger partial charge in [0, 0.05) is 4.47 Å². The molecule has 0 unspecified atom stereocenters. The van der Waals surface area contributed by atoms with E-state index in [1.54, 1.807) is 39.0 Å². The number of amides is 1. The lowest BCUT2D eigenvalue weighted by Crippen LogP contribution is -2.49. The number of ether oxygens (including phenoxy) is 1. The maximum atomic E-state index is 12.2. The molecule has 6 heteroatoms. The number of benzene rings is 1. The summed E-state index contributed by atoms with van der Waals surface area (Å²) < 4.78 is 5.91. The number of aliphatic carboxylic acids is 1. The summed E-state index contributed by atoms with van der Waals surface area (Å²) in [7, 11) is 1.46. The van der Waals surface area contributed by atoms with Crippen LogP contribution >= 0.6 is 15.9 Å². The van der Waals surface area contributed by atoms with Crippen LogP contribution in [0, 0.1) is 5.41 Å². The van der Waals surface area contributed by atoms with Gasteiger partial charge in [-0.25, -0.2) is 4.79 Å². The Labute approximate surface area is 126 Å². The van der Waals surface area contributed by atoms with Crippen LogP contribution in [0.4, 0.5) is 0 Å². The Kier molecular flexibility index (Phi) is 5.16. The highest BCUT2D eigenvalue weighted by atomic mass is 79.9. The van der Waals surface area contributed by atoms with Crippen molar-refractivity contribution in [2.75, 3.05) is 7.11 Å². The van der Waals surface area contributed by atoms with E-state index in [9.17, 15) is 14.7 Å². The summed E-state index contributed by atoms with van der Waals surface area (Å²) in [5.41, 5.74) is -0.296. The van der Waals surface area contributed by atoms with Crippen LogP contribution in [0.2, 0.25) is 0 Å². The number of carboxylic acids is 1. The molecule has 0 aromatic heterocycles. The first-order valence-corrected chi connectivity index (χ1v) is 6.83. The second kappa shape index (κ2) is 6.26. The van der Waals surface area contributed by atoms with Crippen molar-refractivity contribution < 1.29 is 19.4 Å². The van der Waals surface area contributed by atoms with Gasteiger partial charge in [-0.05, 0) is 23.6 Å². The van der Waals surface area contributed by atoms with Crippen LogP contribution in [0.1, 0.15) is 31.1 Å². The van der Waals surface area contributed by atoms with E-state index < -0.39 is 23.3 Å². The Morgan fingerprint density at radius 1 is 1.35 bits per heavy atom. The molecule has 0 heterocycles. The minimum Gasteiger partial charge on any atom is -0.496 e. The summed E-state index contributed by atoms with van der Waals surface area (Å²) in [4.78, 5) is 23.5. The second-order valence-electron chi connectivity index (χ2n) is 5.46. The van der Waals surface area contributed by atoms with E-state index in [1.165, 1.54) is 7.11 Å². The van der Waals surface area contributed by atoms with Gasteiger partial charge in [-0.15, -0.1) is 0 Å². The van der Waals surface area contributed by atoms with Crippen molar-refractivity contribution in [1.82, 2.24) is 5.32 Å². The van der Waals surface area contributed by atoms with Crippen LogP contribution in [0.5, 0.6) is 5.75 Å². The van der Waals surface area contributed by atoms with Gasteiger partial charge in [0.25, 0.3) is 5.91 Å². The molecular formula is C14H18BrNO4. The number of hydrogen-bond donors (Lipinski definition) is 2. The third-order valence-corrected chi connectivity index (χ3v) is 3.29. The Morgan fingerprint density at radius 3 is 2.40 bits per heavy atom. The van der Waals surface area contributed by atoms with Crippen LogP contribution in [-0.4, -0.2) is 30.1 Å². The molecule has 0 saturated carbocycles. The third kappa shape index (κ3) is 3.96. The highest BCUT2D eigenvalue weighted by Crippen LogP contribution is 2.25. The molecule has 2 N–H and O–H groups in total. The molecule has 1 amide bonds. The van der Waals surface area contributed by atoms with Gasteiger partial charge >= 0.3 is 5.97 Å². The quantitative estimate of drug-likeness (QED) is 0.881. The van der Waals surface area contributed by atoms with E-state index >= 15 is 0 Å². The van der Waals surface area contributed by atoms with Crippen molar-refractivity contribution in [3.63, 3.8) is 0 Å². The van der Waals surface area contributed by atoms with E-state index in [0.29, 0.717) is 11.3 Å². The Hall–Kier alpha value is -1.56. The number of nitrogens with one attached hydrogen (secondary N) is 1. The molecule has 0 aliphatic rings. The van der Waals surface area contributed by atoms with Gasteiger partial charge in [0.1, 0.15) is 11.8 Å². The van der Waals surface area contributed by atoms with Crippen molar-refractivity contribution >= 4 is 27.8 Å². The fourth-order valence-electron chi connectivity index (χ4n) is 1.71. The van der Waals surface area contributed by atoms with Crippen LogP contribution in [0.15, 0.2) is 22.7 Å². The molecule has 0 radical (unpaired) electrons. The maximum Gasteiger partial charge on any atom is 0.326 e. The Bertz CT molecular complexity index is 522. The minimum absolute atomic E-state index is 0.297. The van der Waals surface area contributed by atoms with Gasteiger partial charge in [0.05, 0.1) is 12.7 Å². The highest BCUT2D eigenvalue weighted by molar-refractivity contribution is 9.10. The molecule has 5 nitrogen and oxygen atoms in total. The molecule has 0 saturated heterocycles. The van der Waals surface area contributed by atoms with Crippen molar-refractivity contribution in [1.29, 1.82) is 0 Å². The molecule has 0 spiro atoms. The highest BCUT2D eigenvalue weighted by Gasteiger charge is 2.33. The predicted octanol–water partition coefficient (Wildman–Crippen LogP) is 2.69. The van der Waals surface area contributed by atoms with Crippen LogP contribution in [-0.2, 0) is 4.79 Å². The summed E-state index contributed by atoms with van der Waals surface area (Å²) >= 11 is 3.29. The molecule has 1 aromatic carbocycles. The maximum absolute atomic E-state index is 12.2. The zero-order valence-electron chi connectivity index (χ0n) is 11.9. The Morgan fingerprint density at radius 2 is 1.95 bits per heavy atom. The molecule has 0 fully saturated rings. The summed E-state index contributed by atoms with van der Waals surface area (Å²) in [6.07, 6.45) is 0. The van der Waals surface area contributed by atoms with Gasteiger partial charge in [-0.3, -0.25) is 4.79 Å². The molecule has 20 heavy (non-hydrogen) atoms. The third-order valence-electron chi connectivity index (χ3n) is 2.80. The zero-order chi connectivity index (χ0) is 15.5. The fraction of sp³-hybridized carbons (Fsp3) is 0.429. The van der Waals surface area contributed by atoms with Crippen molar-refractivity contribution in [2.24, 2.45) is 5.41 Å². The second-order valence-corrected chi connectivity index (χ2v) is 6.37. The summed E-state index contributed by atoms with van der Waals surface area (Å²) in [5, 5.41) is 11.8. The van der Waals surface area contributed by atoms with Crippen molar-refractivity contribution in [2.45, 2.75) is 26.8 Å². The fourth-order valence-corrected chi connectivity index (χ4v) is 2.05. The molecule has 1 aromatic rings. The normalized spacial score (nSPS) is 12.7. The van der Waals surface area contributed by atoms with Crippen molar-refractivity contribution in [3.05, 3.63) is 28.2 Å². The van der Waals surface area contributed by atoms with Crippen molar-refractivity contribution in [3.8, 4) is 5.75 Å². The zero-order valence-corrected chi connectivity index (χ0v) is 13.4. The number of carbonyl (C=O) groups is 2. The molecule has 1 rings (SSSR count). The largest absolute Gasteiger partial charge is 0.496 e. The number of rotatable bonds is 4. The molecular weight excluding hydrogens is 326 g/mol. The van der Waals surface area contributed by atoms with E-state index in [4.69, 9.17) is 4.74 Å². The van der Waals surface area contributed by atoms with Gasteiger partial charge in [0.2, 0.25) is 0 Å². The first-order chi connectivity index (χ1) is 9.16. The van der Waals surface area contributed by atoms with E-state index in [0.717, 1.165) is 4.47 Å². The first-order valence-electron chi connectivity index (χ1n) is 6.04. The van der Waals surface area contributed by atoms with Gasteiger partial charge < -0.3 is 15.2 Å². The van der Waals surface area contributed by atoms with E-state index in [2.05, 4.69) is 21.2 Å². The minimum atomic E-state index is -1.07. The van der Waals surface area contributed by atoms with Gasteiger partial charge in [0.15, 0.2) is 0 Å². The summed E-state index contributed by atoms with van der Waals surface area (Å²) in [6.45, 7) is 5.26. The topological polar surface area (TPSA) is 75.6 Å². The smallest absolute Gasteiger partial charge is 0.326 e. The average molecular weight is 344 g/mol. The monoisotopic (exact) mass is 343 g/mol. The number of halogens is 1. The van der Waals surface area contributed by atoms with Gasteiger partial charge in [-0.2, -0.15) is 0 Å². The molecule has 0 aliphatic heterocycles. The molecule has 0 bridgehead atoms. The van der Waals surface area contributed by atoms with Crippen LogP contribution < -0.4 is 10.1 Å². The standard InChI is InChI=1S/C14H18BrNO4/c1-14(2,3)11(13(18)19)16-12(17)9-6-5-8(15)7-10(9)20-4/h5-7,11H,1-4H3,(H,16,17)(H,18,19)/t11-/m0/s1. The number of hydrogen-bond acceptors (Lipinski definition) is 3. The van der Waals surface area contributed by atoms with E-state index in [-0.39, 0.29) is 0 Å². The number of carboxylic acid groups (broad SMARTS) is 1.